The van der Waals surface area contributed by atoms with Gasteiger partial charge in [-0.3, -0.25) is 9.69 Å². The summed E-state index contributed by atoms with van der Waals surface area (Å²) in [4.78, 5) is 26.1. The second-order valence-corrected chi connectivity index (χ2v) is 3.56. The van der Waals surface area contributed by atoms with Gasteiger partial charge in [-0.05, 0) is 13.8 Å². The summed E-state index contributed by atoms with van der Waals surface area (Å²) in [5.74, 6) is -0.00101. The lowest BCUT2D eigenvalue weighted by atomic mass is 10.3. The minimum absolute atomic E-state index is 0.00101. The van der Waals surface area contributed by atoms with Gasteiger partial charge >= 0.3 is 6.03 Å². The van der Waals surface area contributed by atoms with E-state index in [0.29, 0.717) is 13.2 Å². The molecule has 1 atom stereocenters. The van der Waals surface area contributed by atoms with Gasteiger partial charge < -0.3 is 10.2 Å². The monoisotopic (exact) mass is 211 g/mol. The first kappa shape index (κ1) is 11.6. The summed E-state index contributed by atoms with van der Waals surface area (Å²) in [7, 11) is 0. The van der Waals surface area contributed by atoms with E-state index in [2.05, 4.69) is 11.9 Å². The number of likely N-dealkylation sites (N-methyl/N-ethyl adjacent to an activating group) is 1. The Hall–Kier alpha value is -1.52. The summed E-state index contributed by atoms with van der Waals surface area (Å²) in [5, 5.41) is 2.73. The van der Waals surface area contributed by atoms with E-state index in [9.17, 15) is 9.59 Å². The van der Waals surface area contributed by atoms with Crippen molar-refractivity contribution in [2.75, 3.05) is 19.8 Å². The summed E-state index contributed by atoms with van der Waals surface area (Å²) in [6, 6.07) is -0.296. The molecule has 5 nitrogen and oxygen atoms in total. The van der Waals surface area contributed by atoms with Gasteiger partial charge in [0.05, 0.1) is 6.67 Å². The van der Waals surface area contributed by atoms with E-state index < -0.39 is 0 Å². The van der Waals surface area contributed by atoms with E-state index in [1.165, 1.54) is 4.90 Å². The summed E-state index contributed by atoms with van der Waals surface area (Å²) in [6.45, 7) is 8.49. The summed E-state index contributed by atoms with van der Waals surface area (Å²) in [5.41, 5.74) is 0. The Balaban J connectivity index is 2.49. The van der Waals surface area contributed by atoms with Crippen LogP contribution in [0, 0.1) is 0 Å². The average Bonchev–Trinajstić information content (AvgIpc) is 2.59. The van der Waals surface area contributed by atoms with Crippen LogP contribution in [0.2, 0.25) is 0 Å². The van der Waals surface area contributed by atoms with Gasteiger partial charge in [0.2, 0.25) is 5.91 Å². The van der Waals surface area contributed by atoms with Crippen molar-refractivity contribution in [2.24, 2.45) is 0 Å². The highest BCUT2D eigenvalue weighted by Crippen LogP contribution is 2.06. The largest absolute Gasteiger partial charge is 0.332 e. The van der Waals surface area contributed by atoms with E-state index in [1.807, 2.05) is 13.8 Å². The van der Waals surface area contributed by atoms with E-state index >= 15 is 0 Å². The molecule has 84 valence electrons. The number of nitrogens with zero attached hydrogens (tertiary/aromatic N) is 2. The Morgan fingerprint density at radius 3 is 2.87 bits per heavy atom. The predicted octanol–water partition coefficient (Wildman–Crippen LogP) is 0.392. The summed E-state index contributed by atoms with van der Waals surface area (Å²) < 4.78 is 0. The van der Waals surface area contributed by atoms with Gasteiger partial charge in [-0.25, -0.2) is 4.79 Å². The Morgan fingerprint density at radius 1 is 1.73 bits per heavy atom. The van der Waals surface area contributed by atoms with Crippen LogP contribution < -0.4 is 5.32 Å². The van der Waals surface area contributed by atoms with Crippen LogP contribution in [-0.2, 0) is 4.79 Å². The Morgan fingerprint density at radius 2 is 2.40 bits per heavy atom. The molecule has 15 heavy (non-hydrogen) atoms. The standard InChI is InChI=1S/C10H17N3O2/c1-4-8(3)11-10(15)13-6-9(14)12(5-2)7-13/h4,8H,1,5-7H2,2-3H3,(H,11,15)/t8-/m1/s1. The number of rotatable bonds is 3. The normalized spacial score (nSPS) is 17.9. The minimum Gasteiger partial charge on any atom is -0.332 e. The molecule has 0 bridgehead atoms. The SMILES string of the molecule is C=C[C@@H](C)NC(=O)N1CC(=O)N(CC)C1. The zero-order valence-corrected chi connectivity index (χ0v) is 9.19. The van der Waals surface area contributed by atoms with Gasteiger partial charge in [0.15, 0.2) is 0 Å². The highest BCUT2D eigenvalue weighted by molar-refractivity contribution is 5.87. The fourth-order valence-corrected chi connectivity index (χ4v) is 1.36. The molecule has 1 saturated heterocycles. The molecule has 1 N–H and O–H groups in total. The first-order valence-corrected chi connectivity index (χ1v) is 5.04. The van der Waals surface area contributed by atoms with Gasteiger partial charge in [-0.1, -0.05) is 6.08 Å². The number of urea groups is 1. The molecule has 1 rings (SSSR count). The van der Waals surface area contributed by atoms with Gasteiger partial charge in [-0.15, -0.1) is 6.58 Å². The molecule has 0 spiro atoms. The van der Waals surface area contributed by atoms with E-state index in [4.69, 9.17) is 0 Å². The molecular formula is C10H17N3O2. The number of hydrogen-bond acceptors (Lipinski definition) is 2. The fraction of sp³-hybridized carbons (Fsp3) is 0.600. The van der Waals surface area contributed by atoms with Crippen LogP contribution in [0.4, 0.5) is 4.79 Å². The van der Waals surface area contributed by atoms with Crippen LogP contribution in [0.3, 0.4) is 0 Å². The predicted molar refractivity (Wildman–Crippen MR) is 57.2 cm³/mol. The summed E-state index contributed by atoms with van der Waals surface area (Å²) >= 11 is 0. The van der Waals surface area contributed by atoms with Crippen molar-refractivity contribution in [1.29, 1.82) is 0 Å². The zero-order valence-electron chi connectivity index (χ0n) is 9.19. The lowest BCUT2D eigenvalue weighted by molar-refractivity contribution is -0.126. The molecular weight excluding hydrogens is 194 g/mol. The van der Waals surface area contributed by atoms with E-state index in [1.54, 1.807) is 11.0 Å². The molecule has 0 radical (unpaired) electrons. The number of carbonyl (C=O) groups excluding carboxylic acids is 2. The lowest BCUT2D eigenvalue weighted by Crippen LogP contribution is -2.42. The fourth-order valence-electron chi connectivity index (χ4n) is 1.36. The maximum absolute atomic E-state index is 11.6. The highest BCUT2D eigenvalue weighted by Gasteiger charge is 2.29. The second kappa shape index (κ2) is 4.82. The Bertz CT molecular complexity index is 278. The van der Waals surface area contributed by atoms with Crippen molar-refractivity contribution >= 4 is 11.9 Å². The third kappa shape index (κ3) is 2.71. The molecule has 3 amide bonds. The van der Waals surface area contributed by atoms with Crippen LogP contribution in [0.15, 0.2) is 12.7 Å². The molecule has 0 aromatic carbocycles. The number of nitrogens with one attached hydrogen (secondary N) is 1. The molecule has 0 saturated carbocycles. The van der Waals surface area contributed by atoms with E-state index in [0.717, 1.165) is 0 Å². The molecule has 1 fully saturated rings. The maximum atomic E-state index is 11.6. The lowest BCUT2D eigenvalue weighted by Gasteiger charge is -2.18. The van der Waals surface area contributed by atoms with Crippen molar-refractivity contribution in [1.82, 2.24) is 15.1 Å². The van der Waals surface area contributed by atoms with Gasteiger partial charge in [0.1, 0.15) is 6.54 Å². The zero-order chi connectivity index (χ0) is 11.4. The van der Waals surface area contributed by atoms with Crippen LogP contribution in [0.5, 0.6) is 0 Å². The van der Waals surface area contributed by atoms with Gasteiger partial charge in [-0.2, -0.15) is 0 Å². The smallest absolute Gasteiger partial charge is 0.319 e. The number of hydrogen-bond donors (Lipinski definition) is 1. The number of carbonyl (C=O) groups is 2. The van der Waals surface area contributed by atoms with E-state index in [-0.39, 0.29) is 24.5 Å². The maximum Gasteiger partial charge on any atom is 0.319 e. The molecule has 5 heteroatoms. The number of amides is 3. The molecule has 1 heterocycles. The van der Waals surface area contributed by atoms with Crippen LogP contribution in [0.25, 0.3) is 0 Å². The van der Waals surface area contributed by atoms with Crippen LogP contribution in [-0.4, -0.2) is 47.5 Å². The van der Waals surface area contributed by atoms with Gasteiger partial charge in [0, 0.05) is 12.6 Å². The molecule has 0 aromatic rings. The Labute approximate surface area is 89.7 Å². The second-order valence-electron chi connectivity index (χ2n) is 3.56. The Kier molecular flexibility index (Phi) is 3.71. The van der Waals surface area contributed by atoms with Crippen molar-refractivity contribution in [2.45, 2.75) is 19.9 Å². The molecule has 0 unspecified atom stereocenters. The quantitative estimate of drug-likeness (QED) is 0.687. The van der Waals surface area contributed by atoms with Crippen LogP contribution in [0.1, 0.15) is 13.8 Å². The average molecular weight is 211 g/mol. The topological polar surface area (TPSA) is 52.7 Å². The first-order valence-electron chi connectivity index (χ1n) is 5.04. The molecule has 0 aliphatic carbocycles. The third-order valence-electron chi connectivity index (χ3n) is 2.39. The van der Waals surface area contributed by atoms with Crippen molar-refractivity contribution in [3.05, 3.63) is 12.7 Å². The highest BCUT2D eigenvalue weighted by atomic mass is 16.2. The minimum atomic E-state index is -0.216. The molecule has 1 aliphatic rings. The summed E-state index contributed by atoms with van der Waals surface area (Å²) in [6.07, 6.45) is 1.65. The first-order chi connectivity index (χ1) is 7.08. The van der Waals surface area contributed by atoms with Crippen molar-refractivity contribution in [3.8, 4) is 0 Å². The van der Waals surface area contributed by atoms with Crippen molar-refractivity contribution in [3.63, 3.8) is 0 Å². The molecule has 1 aliphatic heterocycles. The van der Waals surface area contributed by atoms with Crippen molar-refractivity contribution < 1.29 is 9.59 Å². The molecule has 0 aromatic heterocycles. The third-order valence-corrected chi connectivity index (χ3v) is 2.39. The van der Waals surface area contributed by atoms with Crippen LogP contribution >= 0.6 is 0 Å². The van der Waals surface area contributed by atoms with Gasteiger partial charge in [0.25, 0.3) is 0 Å².